The van der Waals surface area contributed by atoms with Crippen molar-refractivity contribution in [1.29, 1.82) is 0 Å². The lowest BCUT2D eigenvalue weighted by molar-refractivity contribution is 0.399. The van der Waals surface area contributed by atoms with Crippen molar-refractivity contribution in [2.45, 2.75) is 10.6 Å². The molecule has 0 aliphatic rings. The highest BCUT2D eigenvalue weighted by Gasteiger charge is 2.21. The van der Waals surface area contributed by atoms with Crippen LogP contribution in [0.3, 0.4) is 0 Å². The Morgan fingerprint density at radius 2 is 1.92 bits per heavy atom. The molecule has 2 aromatic heterocycles. The van der Waals surface area contributed by atoms with E-state index in [2.05, 4.69) is 9.97 Å². The van der Waals surface area contributed by atoms with Crippen LogP contribution < -0.4 is 10.2 Å². The summed E-state index contributed by atoms with van der Waals surface area (Å²) in [6.07, 6.45) is 3.86. The molecule has 134 valence electrons. The van der Waals surface area contributed by atoms with Gasteiger partial charge in [-0.15, -0.1) is 0 Å². The predicted molar refractivity (Wildman–Crippen MR) is 99.2 cm³/mol. The van der Waals surface area contributed by atoms with Crippen LogP contribution in [0.2, 0.25) is 5.02 Å². The van der Waals surface area contributed by atoms with Crippen LogP contribution in [-0.2, 0) is 15.6 Å². The molecule has 0 amide bonds. The van der Waals surface area contributed by atoms with Gasteiger partial charge >= 0.3 is 0 Å². The molecule has 0 unspecified atom stereocenters. The summed E-state index contributed by atoms with van der Waals surface area (Å²) >= 11 is 5.77. The fraction of sp³-hybridized carbons (Fsp3) is 0.111. The molecule has 0 atom stereocenters. The van der Waals surface area contributed by atoms with E-state index in [1.165, 1.54) is 31.8 Å². The molecule has 0 bridgehead atoms. The summed E-state index contributed by atoms with van der Waals surface area (Å²) in [5.41, 5.74) is 0.872. The first-order valence-electron chi connectivity index (χ1n) is 7.60. The molecule has 0 saturated heterocycles. The van der Waals surface area contributed by atoms with Crippen LogP contribution in [0.1, 0.15) is 5.56 Å². The van der Waals surface area contributed by atoms with E-state index in [1.807, 2.05) is 30.3 Å². The molecule has 0 saturated carbocycles. The number of H-pyrrole nitrogens is 1. The molecule has 8 heteroatoms. The average Bonchev–Trinajstić information content (AvgIpc) is 2.65. The Hall–Kier alpha value is -2.64. The van der Waals surface area contributed by atoms with E-state index in [4.69, 9.17) is 16.3 Å². The maximum absolute atomic E-state index is 12.8. The number of methoxy groups -OCH3 is 1. The third-order valence-electron chi connectivity index (χ3n) is 3.79. The monoisotopic (exact) mass is 390 g/mol. The van der Waals surface area contributed by atoms with Crippen molar-refractivity contribution in [2.75, 3.05) is 7.11 Å². The zero-order valence-electron chi connectivity index (χ0n) is 13.8. The summed E-state index contributed by atoms with van der Waals surface area (Å²) in [5.74, 6) is -0.166. The number of hydrogen-bond donors (Lipinski definition) is 1. The van der Waals surface area contributed by atoms with E-state index in [1.54, 1.807) is 0 Å². The summed E-state index contributed by atoms with van der Waals surface area (Å²) in [6.45, 7) is 0. The average molecular weight is 391 g/mol. The normalized spacial score (nSPS) is 11.3. The lowest BCUT2D eigenvalue weighted by Crippen LogP contribution is -2.15. The van der Waals surface area contributed by atoms with Crippen molar-refractivity contribution in [2.24, 2.45) is 0 Å². The molecule has 3 aromatic rings. The highest BCUT2D eigenvalue weighted by Crippen LogP contribution is 2.30. The molecule has 3 rings (SSSR count). The smallest absolute Gasteiger partial charge is 0.221 e. The van der Waals surface area contributed by atoms with Crippen molar-refractivity contribution in [1.82, 2.24) is 9.97 Å². The molecule has 1 aromatic carbocycles. The van der Waals surface area contributed by atoms with E-state index in [0.717, 1.165) is 5.56 Å². The SMILES string of the molecule is COc1ncc(S(=O)(=O)Cc2c[nH]cc(Cl)c2=O)cc1-c1ccccc1. The Labute approximate surface area is 155 Å². The van der Waals surface area contributed by atoms with E-state index in [-0.39, 0.29) is 15.5 Å². The van der Waals surface area contributed by atoms with Crippen LogP contribution >= 0.6 is 11.6 Å². The third-order valence-corrected chi connectivity index (χ3v) is 5.70. The number of benzene rings is 1. The van der Waals surface area contributed by atoms with Crippen LogP contribution in [-0.4, -0.2) is 25.5 Å². The minimum absolute atomic E-state index is 0.00321. The standard InChI is InChI=1S/C18H15ClN2O4S/c1-25-18-15(12-5-3-2-4-6-12)7-14(9-21-18)26(23,24)11-13-8-20-10-16(19)17(13)22/h2-10H,11H2,1H3,(H,20,22). The predicted octanol–water partition coefficient (Wildman–Crippen LogP) is 3.07. The van der Waals surface area contributed by atoms with Gasteiger partial charge in [-0.3, -0.25) is 4.79 Å². The number of sulfone groups is 1. The van der Waals surface area contributed by atoms with Crippen LogP contribution in [0.15, 0.2) is 64.7 Å². The highest BCUT2D eigenvalue weighted by molar-refractivity contribution is 7.90. The molecule has 2 heterocycles. The van der Waals surface area contributed by atoms with Crippen LogP contribution in [0, 0.1) is 0 Å². The van der Waals surface area contributed by atoms with Crippen molar-refractivity contribution in [3.63, 3.8) is 0 Å². The van der Waals surface area contributed by atoms with E-state index in [9.17, 15) is 13.2 Å². The molecular weight excluding hydrogens is 376 g/mol. The summed E-state index contributed by atoms with van der Waals surface area (Å²) < 4.78 is 30.8. The Bertz CT molecular complexity index is 1100. The zero-order chi connectivity index (χ0) is 18.7. The fourth-order valence-electron chi connectivity index (χ4n) is 2.49. The number of halogens is 1. The number of aromatic amines is 1. The molecule has 6 nitrogen and oxygen atoms in total. The van der Waals surface area contributed by atoms with Crippen molar-refractivity contribution >= 4 is 21.4 Å². The zero-order valence-corrected chi connectivity index (χ0v) is 15.3. The van der Waals surface area contributed by atoms with Gasteiger partial charge in [-0.1, -0.05) is 41.9 Å². The van der Waals surface area contributed by atoms with Crippen LogP contribution in [0.5, 0.6) is 5.88 Å². The molecule has 0 aliphatic carbocycles. The van der Waals surface area contributed by atoms with Gasteiger partial charge in [0.25, 0.3) is 0 Å². The van der Waals surface area contributed by atoms with E-state index < -0.39 is 21.0 Å². The maximum atomic E-state index is 12.8. The molecule has 0 radical (unpaired) electrons. The quantitative estimate of drug-likeness (QED) is 0.723. The van der Waals surface area contributed by atoms with Gasteiger partial charge in [-0.2, -0.15) is 0 Å². The Morgan fingerprint density at radius 3 is 2.62 bits per heavy atom. The Morgan fingerprint density at radius 1 is 1.19 bits per heavy atom. The van der Waals surface area contributed by atoms with E-state index >= 15 is 0 Å². The van der Waals surface area contributed by atoms with Gasteiger partial charge in [0.2, 0.25) is 11.3 Å². The first kappa shape index (κ1) is 18.2. The van der Waals surface area contributed by atoms with Gasteiger partial charge in [0.05, 0.1) is 17.8 Å². The number of pyridine rings is 2. The molecule has 1 N–H and O–H groups in total. The first-order valence-corrected chi connectivity index (χ1v) is 9.63. The number of nitrogens with one attached hydrogen (secondary N) is 1. The minimum Gasteiger partial charge on any atom is -0.481 e. The third kappa shape index (κ3) is 3.63. The summed E-state index contributed by atoms with van der Waals surface area (Å²) in [5, 5.41) is -0.0597. The number of rotatable bonds is 5. The number of hydrogen-bond acceptors (Lipinski definition) is 5. The van der Waals surface area contributed by atoms with Crippen LogP contribution in [0.25, 0.3) is 11.1 Å². The lowest BCUT2D eigenvalue weighted by atomic mass is 10.1. The van der Waals surface area contributed by atoms with Gasteiger partial charge in [0.15, 0.2) is 9.84 Å². The highest BCUT2D eigenvalue weighted by atomic mass is 35.5. The second-order valence-corrected chi connectivity index (χ2v) is 7.91. The minimum atomic E-state index is -3.80. The van der Waals surface area contributed by atoms with Crippen molar-refractivity contribution in [3.8, 4) is 17.0 Å². The maximum Gasteiger partial charge on any atom is 0.221 e. The van der Waals surface area contributed by atoms with Crippen LogP contribution in [0.4, 0.5) is 0 Å². The first-order chi connectivity index (χ1) is 12.4. The second-order valence-electron chi connectivity index (χ2n) is 5.51. The molecule has 0 aliphatic heterocycles. The largest absolute Gasteiger partial charge is 0.481 e. The fourth-order valence-corrected chi connectivity index (χ4v) is 3.97. The number of ether oxygens (including phenoxy) is 1. The van der Waals surface area contributed by atoms with Gasteiger partial charge in [-0.05, 0) is 11.6 Å². The Kier molecular flexibility index (Phi) is 5.11. The van der Waals surface area contributed by atoms with Crippen molar-refractivity contribution < 1.29 is 13.2 Å². The number of nitrogens with zero attached hydrogens (tertiary/aromatic N) is 1. The molecular formula is C18H15ClN2O4S. The van der Waals surface area contributed by atoms with Gasteiger partial charge < -0.3 is 9.72 Å². The summed E-state index contributed by atoms with van der Waals surface area (Å²) in [7, 11) is -2.34. The second kappa shape index (κ2) is 7.31. The van der Waals surface area contributed by atoms with Gasteiger partial charge in [0, 0.05) is 29.7 Å². The van der Waals surface area contributed by atoms with Crippen molar-refractivity contribution in [3.05, 3.63) is 75.8 Å². The lowest BCUT2D eigenvalue weighted by Gasteiger charge is -2.10. The van der Waals surface area contributed by atoms with Gasteiger partial charge in [0.1, 0.15) is 5.02 Å². The van der Waals surface area contributed by atoms with Gasteiger partial charge in [-0.25, -0.2) is 13.4 Å². The molecule has 0 fully saturated rings. The van der Waals surface area contributed by atoms with E-state index in [0.29, 0.717) is 11.4 Å². The Balaban J connectivity index is 2.06. The number of aromatic nitrogens is 2. The topological polar surface area (TPSA) is 89.1 Å². The molecule has 26 heavy (non-hydrogen) atoms. The molecule has 0 spiro atoms. The summed E-state index contributed by atoms with van der Waals surface area (Å²) in [4.78, 5) is 18.8. The summed E-state index contributed by atoms with van der Waals surface area (Å²) in [6, 6.07) is 10.7.